The normalized spacial score (nSPS) is 11.6. The molecule has 0 N–H and O–H groups in total. The van der Waals surface area contributed by atoms with Crippen LogP contribution < -0.4 is 0 Å². The maximum absolute atomic E-state index is 13.4. The SMILES string of the molecule is Cc1cc2nc(Cl)n(C(C)C)c2cc1F. The summed E-state index contributed by atoms with van der Waals surface area (Å²) in [5.74, 6) is -0.221. The number of halogens is 2. The molecule has 0 spiro atoms. The van der Waals surface area contributed by atoms with Crippen molar-refractivity contribution in [3.05, 3.63) is 28.8 Å². The first kappa shape index (κ1) is 10.4. The summed E-state index contributed by atoms with van der Waals surface area (Å²) in [6.45, 7) is 5.70. The average molecular weight is 227 g/mol. The summed E-state index contributed by atoms with van der Waals surface area (Å²) in [6, 6.07) is 3.38. The molecule has 0 aliphatic heterocycles. The highest BCUT2D eigenvalue weighted by Gasteiger charge is 2.13. The van der Waals surface area contributed by atoms with Gasteiger partial charge in [-0.3, -0.25) is 0 Å². The van der Waals surface area contributed by atoms with Crippen LogP contribution in [0.3, 0.4) is 0 Å². The molecule has 0 bridgehead atoms. The predicted molar refractivity (Wildman–Crippen MR) is 59.8 cm³/mol. The predicted octanol–water partition coefficient (Wildman–Crippen LogP) is 3.72. The quantitative estimate of drug-likeness (QED) is 0.725. The van der Waals surface area contributed by atoms with Crippen LogP contribution in [0.4, 0.5) is 4.39 Å². The molecule has 2 rings (SSSR count). The Balaban J connectivity index is 2.81. The molecule has 2 aromatic rings. The van der Waals surface area contributed by atoms with Crippen molar-refractivity contribution in [2.75, 3.05) is 0 Å². The lowest BCUT2D eigenvalue weighted by Gasteiger charge is -2.09. The number of hydrogen-bond acceptors (Lipinski definition) is 1. The summed E-state index contributed by atoms with van der Waals surface area (Å²) in [4.78, 5) is 4.20. The summed E-state index contributed by atoms with van der Waals surface area (Å²) >= 11 is 6.00. The minimum absolute atomic E-state index is 0.171. The Morgan fingerprint density at radius 3 is 2.67 bits per heavy atom. The highest BCUT2D eigenvalue weighted by Crippen LogP contribution is 2.26. The van der Waals surface area contributed by atoms with Crippen molar-refractivity contribution in [1.82, 2.24) is 9.55 Å². The maximum atomic E-state index is 13.4. The van der Waals surface area contributed by atoms with Crippen LogP contribution >= 0.6 is 11.6 Å². The van der Waals surface area contributed by atoms with Gasteiger partial charge in [0, 0.05) is 12.1 Å². The van der Waals surface area contributed by atoms with Gasteiger partial charge in [0.1, 0.15) is 5.82 Å². The molecule has 0 saturated heterocycles. The Hall–Kier alpha value is -1.09. The highest BCUT2D eigenvalue weighted by atomic mass is 35.5. The number of fused-ring (bicyclic) bond motifs is 1. The number of nitrogens with zero attached hydrogens (tertiary/aromatic N) is 2. The highest BCUT2D eigenvalue weighted by molar-refractivity contribution is 6.29. The molecule has 0 atom stereocenters. The maximum Gasteiger partial charge on any atom is 0.204 e. The molecule has 4 heteroatoms. The second-order valence-corrected chi connectivity index (χ2v) is 4.27. The van der Waals surface area contributed by atoms with Crippen molar-refractivity contribution in [2.45, 2.75) is 26.8 Å². The molecule has 1 heterocycles. The van der Waals surface area contributed by atoms with Gasteiger partial charge in [0.25, 0.3) is 0 Å². The molecule has 0 fully saturated rings. The molecule has 80 valence electrons. The molecule has 0 aliphatic carbocycles. The van der Waals surface area contributed by atoms with Gasteiger partial charge in [0.2, 0.25) is 5.28 Å². The molecular weight excluding hydrogens is 215 g/mol. The standard InChI is InChI=1S/C11H12ClFN2/c1-6(2)15-10-5-8(13)7(3)4-9(10)14-11(15)12/h4-6H,1-3H3. The molecule has 1 aromatic carbocycles. The average Bonchev–Trinajstić information content (AvgIpc) is 2.41. The van der Waals surface area contributed by atoms with Crippen LogP contribution in [0.25, 0.3) is 11.0 Å². The largest absolute Gasteiger partial charge is 0.312 e. The number of benzene rings is 1. The van der Waals surface area contributed by atoms with Gasteiger partial charge in [0.05, 0.1) is 11.0 Å². The van der Waals surface area contributed by atoms with Crippen LogP contribution in [0.15, 0.2) is 12.1 Å². The third-order valence-electron chi connectivity index (χ3n) is 2.44. The van der Waals surface area contributed by atoms with Crippen molar-refractivity contribution in [2.24, 2.45) is 0 Å². The van der Waals surface area contributed by atoms with Gasteiger partial charge in [-0.05, 0) is 44.0 Å². The molecule has 0 saturated carbocycles. The van der Waals surface area contributed by atoms with E-state index in [1.165, 1.54) is 6.07 Å². The van der Waals surface area contributed by atoms with E-state index < -0.39 is 0 Å². The zero-order valence-corrected chi connectivity index (χ0v) is 9.64. The Bertz CT molecular complexity index is 517. The first-order valence-electron chi connectivity index (χ1n) is 4.84. The van der Waals surface area contributed by atoms with Crippen molar-refractivity contribution >= 4 is 22.6 Å². The van der Waals surface area contributed by atoms with Crippen molar-refractivity contribution in [1.29, 1.82) is 0 Å². The second-order valence-electron chi connectivity index (χ2n) is 3.93. The van der Waals surface area contributed by atoms with E-state index in [1.54, 1.807) is 13.0 Å². The van der Waals surface area contributed by atoms with Gasteiger partial charge in [-0.25, -0.2) is 9.37 Å². The topological polar surface area (TPSA) is 17.8 Å². The number of imidazole rings is 1. The molecule has 1 aromatic heterocycles. The van der Waals surface area contributed by atoms with Gasteiger partial charge in [-0.2, -0.15) is 0 Å². The molecule has 15 heavy (non-hydrogen) atoms. The minimum atomic E-state index is -0.221. The van der Waals surface area contributed by atoms with E-state index in [9.17, 15) is 4.39 Å². The van der Waals surface area contributed by atoms with E-state index in [-0.39, 0.29) is 11.9 Å². The molecular formula is C11H12ClFN2. The smallest absolute Gasteiger partial charge is 0.204 e. The second kappa shape index (κ2) is 3.49. The molecule has 0 aliphatic rings. The van der Waals surface area contributed by atoms with Gasteiger partial charge in [-0.1, -0.05) is 0 Å². The fraction of sp³-hybridized carbons (Fsp3) is 0.364. The van der Waals surface area contributed by atoms with Crippen molar-refractivity contribution in [3.63, 3.8) is 0 Å². The zero-order chi connectivity index (χ0) is 11.2. The zero-order valence-electron chi connectivity index (χ0n) is 8.88. The van der Waals surface area contributed by atoms with Crippen LogP contribution in [-0.2, 0) is 0 Å². The van der Waals surface area contributed by atoms with E-state index >= 15 is 0 Å². The lowest BCUT2D eigenvalue weighted by Crippen LogP contribution is -2.00. The Morgan fingerprint density at radius 2 is 2.07 bits per heavy atom. The van der Waals surface area contributed by atoms with Crippen LogP contribution in [-0.4, -0.2) is 9.55 Å². The van der Waals surface area contributed by atoms with Crippen LogP contribution in [0.1, 0.15) is 25.5 Å². The Morgan fingerprint density at radius 1 is 1.40 bits per heavy atom. The number of hydrogen-bond donors (Lipinski definition) is 0. The summed E-state index contributed by atoms with van der Waals surface area (Å²) in [7, 11) is 0. The summed E-state index contributed by atoms with van der Waals surface area (Å²) in [5, 5.41) is 0.407. The van der Waals surface area contributed by atoms with Gasteiger partial charge in [-0.15, -0.1) is 0 Å². The summed E-state index contributed by atoms with van der Waals surface area (Å²) < 4.78 is 15.2. The fourth-order valence-corrected chi connectivity index (χ4v) is 2.06. The molecule has 0 radical (unpaired) electrons. The first-order valence-corrected chi connectivity index (χ1v) is 5.22. The van der Waals surface area contributed by atoms with Crippen molar-refractivity contribution < 1.29 is 4.39 Å². The lowest BCUT2D eigenvalue weighted by atomic mass is 10.2. The van der Waals surface area contributed by atoms with Crippen molar-refractivity contribution in [3.8, 4) is 0 Å². The summed E-state index contributed by atoms with van der Waals surface area (Å²) in [6.07, 6.45) is 0. The van der Waals surface area contributed by atoms with E-state index in [1.807, 2.05) is 18.4 Å². The third-order valence-corrected chi connectivity index (χ3v) is 2.71. The van der Waals surface area contributed by atoms with Crippen LogP contribution in [0, 0.1) is 12.7 Å². The van der Waals surface area contributed by atoms with Gasteiger partial charge in [0.15, 0.2) is 0 Å². The van der Waals surface area contributed by atoms with E-state index in [0.717, 1.165) is 11.0 Å². The fourth-order valence-electron chi connectivity index (χ4n) is 1.68. The number of rotatable bonds is 1. The third kappa shape index (κ3) is 1.61. The van der Waals surface area contributed by atoms with Gasteiger partial charge >= 0.3 is 0 Å². The van der Waals surface area contributed by atoms with E-state index in [0.29, 0.717) is 10.8 Å². The van der Waals surface area contributed by atoms with Crippen LogP contribution in [0.2, 0.25) is 5.28 Å². The molecule has 2 nitrogen and oxygen atoms in total. The lowest BCUT2D eigenvalue weighted by molar-refractivity contribution is 0.605. The number of aromatic nitrogens is 2. The Labute approximate surface area is 92.7 Å². The minimum Gasteiger partial charge on any atom is -0.312 e. The Kier molecular flexibility index (Phi) is 2.43. The summed E-state index contributed by atoms with van der Waals surface area (Å²) in [5.41, 5.74) is 2.08. The molecule has 0 amide bonds. The van der Waals surface area contributed by atoms with E-state index in [4.69, 9.17) is 11.6 Å². The van der Waals surface area contributed by atoms with Gasteiger partial charge < -0.3 is 4.57 Å². The monoisotopic (exact) mass is 226 g/mol. The molecule has 0 unspecified atom stereocenters. The number of aryl methyl sites for hydroxylation is 1. The van der Waals surface area contributed by atoms with E-state index in [2.05, 4.69) is 4.98 Å². The first-order chi connectivity index (χ1) is 7.00. The van der Waals surface area contributed by atoms with Crippen LogP contribution in [0.5, 0.6) is 0 Å².